The zero-order valence-electron chi connectivity index (χ0n) is 27.3. The Balaban J connectivity index is 1.62. The number of carbonyl (C=O) groups is 1. The van der Waals surface area contributed by atoms with Gasteiger partial charge in [-0.1, -0.05) is 91.0 Å². The average molecular weight is 670 g/mol. The van der Waals surface area contributed by atoms with Crippen LogP contribution in [-0.4, -0.2) is 69.5 Å². The molecule has 0 radical (unpaired) electrons. The van der Waals surface area contributed by atoms with Gasteiger partial charge in [0.1, 0.15) is 18.3 Å². The normalized spacial score (nSPS) is 22.4. The first-order chi connectivity index (χ1) is 22.9. The van der Waals surface area contributed by atoms with Gasteiger partial charge in [-0.15, -0.1) is 0 Å². The number of carbonyl (C=O) groups excluding carboxylic acids is 1. The molecule has 6 unspecified atom stereocenters. The van der Waals surface area contributed by atoms with Crippen molar-refractivity contribution in [2.75, 3.05) is 33.0 Å². The van der Waals surface area contributed by atoms with Crippen molar-refractivity contribution in [2.24, 2.45) is 5.73 Å². The summed E-state index contributed by atoms with van der Waals surface area (Å²) in [4.78, 5) is 12.6. The van der Waals surface area contributed by atoms with Gasteiger partial charge in [0.15, 0.2) is 6.10 Å². The highest BCUT2D eigenvalue weighted by molar-refractivity contribution is 7.53. The molecular formula is C36H48NO9P. The highest BCUT2D eigenvalue weighted by Crippen LogP contribution is 2.50. The molecular weight excluding hydrogens is 621 g/mol. The number of rotatable bonds is 20. The summed E-state index contributed by atoms with van der Waals surface area (Å²) in [6.45, 7) is 3.06. The molecule has 10 nitrogen and oxygen atoms in total. The Kier molecular flexibility index (Phi) is 15.5. The Morgan fingerprint density at radius 2 is 1.28 bits per heavy atom. The molecule has 2 N–H and O–H groups in total. The predicted octanol–water partition coefficient (Wildman–Crippen LogP) is 6.06. The van der Waals surface area contributed by atoms with E-state index in [2.05, 4.69) is 0 Å². The van der Waals surface area contributed by atoms with Crippen LogP contribution in [0, 0.1) is 0 Å². The van der Waals surface area contributed by atoms with Crippen LogP contribution in [0.1, 0.15) is 42.9 Å². The van der Waals surface area contributed by atoms with Gasteiger partial charge in [0.05, 0.1) is 45.3 Å². The SMILES string of the molecule is COP(=O)(CC1OC(COCc2ccccc2)C(OCc2ccccc2)C(OC(C)=O)C1OCc1ccccc1)OCCCCCN. The zero-order chi connectivity index (χ0) is 33.3. The molecule has 1 fully saturated rings. The first-order valence-electron chi connectivity index (χ1n) is 16.2. The van der Waals surface area contributed by atoms with Gasteiger partial charge >= 0.3 is 13.6 Å². The van der Waals surface area contributed by atoms with Gasteiger partial charge in [-0.05, 0) is 42.5 Å². The van der Waals surface area contributed by atoms with Crippen LogP contribution >= 0.6 is 7.60 Å². The maximum absolute atomic E-state index is 14.0. The molecule has 0 bridgehead atoms. The van der Waals surface area contributed by atoms with E-state index >= 15 is 0 Å². The lowest BCUT2D eigenvalue weighted by molar-refractivity contribution is -0.261. The fourth-order valence-corrected chi connectivity index (χ4v) is 6.93. The molecule has 1 aliphatic heterocycles. The molecule has 0 aromatic heterocycles. The highest BCUT2D eigenvalue weighted by atomic mass is 31.2. The van der Waals surface area contributed by atoms with Gasteiger partial charge in [-0.25, -0.2) is 0 Å². The van der Waals surface area contributed by atoms with Gasteiger partial charge in [-0.3, -0.25) is 9.36 Å². The van der Waals surface area contributed by atoms with E-state index in [1.807, 2.05) is 91.0 Å². The standard InChI is InChI=1S/C36H48NO9P/c1-28(38)45-36-34(42-24-30-17-9-4-10-18-30)32(26-41-23-29-15-7-3-8-16-29)46-33(35(36)43-25-31-19-11-5-12-20-31)27-47(39,40-2)44-22-14-6-13-21-37/h3-5,7-12,15-20,32-36H,6,13-14,21-27,37H2,1-2H3. The molecule has 3 aromatic rings. The van der Waals surface area contributed by atoms with Crippen molar-refractivity contribution in [1.29, 1.82) is 0 Å². The molecule has 0 saturated carbocycles. The van der Waals surface area contributed by atoms with Crippen LogP contribution in [0.25, 0.3) is 0 Å². The van der Waals surface area contributed by atoms with Crippen molar-refractivity contribution < 1.29 is 42.1 Å². The summed E-state index contributed by atoms with van der Waals surface area (Å²) in [5.74, 6) is -0.507. The summed E-state index contributed by atoms with van der Waals surface area (Å²) >= 11 is 0. The van der Waals surface area contributed by atoms with Crippen molar-refractivity contribution in [2.45, 2.75) is 76.5 Å². The van der Waals surface area contributed by atoms with Crippen molar-refractivity contribution in [3.05, 3.63) is 108 Å². The number of unbranched alkanes of at least 4 members (excludes halogenated alkanes) is 2. The van der Waals surface area contributed by atoms with Crippen LogP contribution in [0.4, 0.5) is 0 Å². The summed E-state index contributed by atoms with van der Waals surface area (Å²) in [6.07, 6.45) is -1.86. The van der Waals surface area contributed by atoms with E-state index in [0.29, 0.717) is 19.6 Å². The number of nitrogens with two attached hydrogens (primary N) is 1. The predicted molar refractivity (Wildman–Crippen MR) is 179 cm³/mol. The first-order valence-corrected chi connectivity index (χ1v) is 17.9. The average Bonchev–Trinajstić information content (AvgIpc) is 3.09. The number of esters is 1. The van der Waals surface area contributed by atoms with Crippen LogP contribution in [0.5, 0.6) is 0 Å². The Bertz CT molecular complexity index is 1350. The molecule has 1 aliphatic rings. The number of ether oxygens (including phenoxy) is 5. The Hall–Kier alpha value is -2.92. The molecule has 0 spiro atoms. The molecule has 256 valence electrons. The lowest BCUT2D eigenvalue weighted by atomic mass is 9.94. The van der Waals surface area contributed by atoms with Crippen molar-refractivity contribution >= 4 is 13.6 Å². The lowest BCUT2D eigenvalue weighted by Crippen LogP contribution is -2.62. The van der Waals surface area contributed by atoms with E-state index in [0.717, 1.165) is 29.5 Å². The molecule has 1 heterocycles. The summed E-state index contributed by atoms with van der Waals surface area (Å²) < 4.78 is 57.0. The maximum atomic E-state index is 14.0. The molecule has 0 amide bonds. The van der Waals surface area contributed by atoms with Gasteiger partial charge in [0.2, 0.25) is 0 Å². The van der Waals surface area contributed by atoms with Crippen LogP contribution < -0.4 is 5.73 Å². The van der Waals surface area contributed by atoms with Gasteiger partial charge in [-0.2, -0.15) is 0 Å². The second-order valence-corrected chi connectivity index (χ2v) is 13.7. The lowest BCUT2D eigenvalue weighted by Gasteiger charge is -2.46. The molecule has 3 aromatic carbocycles. The third-order valence-electron chi connectivity index (χ3n) is 7.81. The minimum atomic E-state index is -3.65. The van der Waals surface area contributed by atoms with E-state index in [9.17, 15) is 9.36 Å². The van der Waals surface area contributed by atoms with Crippen LogP contribution in [-0.2, 0) is 61.9 Å². The van der Waals surface area contributed by atoms with E-state index in [-0.39, 0.29) is 32.6 Å². The van der Waals surface area contributed by atoms with Crippen molar-refractivity contribution in [3.63, 3.8) is 0 Å². The molecule has 6 atom stereocenters. The zero-order valence-corrected chi connectivity index (χ0v) is 28.2. The monoisotopic (exact) mass is 669 g/mol. The molecule has 1 saturated heterocycles. The molecule has 11 heteroatoms. The summed E-state index contributed by atoms with van der Waals surface area (Å²) in [5, 5.41) is 0. The van der Waals surface area contributed by atoms with E-state index in [4.69, 9.17) is 38.5 Å². The third kappa shape index (κ3) is 12.2. The fraction of sp³-hybridized carbons (Fsp3) is 0.472. The van der Waals surface area contributed by atoms with Crippen molar-refractivity contribution in [3.8, 4) is 0 Å². The van der Waals surface area contributed by atoms with Gasteiger partial charge in [0, 0.05) is 14.0 Å². The van der Waals surface area contributed by atoms with Crippen molar-refractivity contribution in [1.82, 2.24) is 0 Å². The second-order valence-electron chi connectivity index (χ2n) is 11.5. The molecule has 0 aliphatic carbocycles. The number of hydrogen-bond acceptors (Lipinski definition) is 10. The minimum Gasteiger partial charge on any atom is -0.457 e. The largest absolute Gasteiger partial charge is 0.457 e. The van der Waals surface area contributed by atoms with Gasteiger partial charge in [0.25, 0.3) is 0 Å². The minimum absolute atomic E-state index is 0.116. The second kappa shape index (κ2) is 19.8. The summed E-state index contributed by atoms with van der Waals surface area (Å²) in [5.41, 5.74) is 8.46. The Labute approximate surface area is 278 Å². The Morgan fingerprint density at radius 1 is 0.745 bits per heavy atom. The van der Waals surface area contributed by atoms with E-state index < -0.39 is 44.1 Å². The highest BCUT2D eigenvalue weighted by Gasteiger charge is 2.51. The van der Waals surface area contributed by atoms with Crippen LogP contribution in [0.2, 0.25) is 0 Å². The van der Waals surface area contributed by atoms with E-state index in [1.54, 1.807) is 0 Å². The fourth-order valence-electron chi connectivity index (χ4n) is 5.43. The maximum Gasteiger partial charge on any atom is 0.333 e. The smallest absolute Gasteiger partial charge is 0.333 e. The number of hydrogen-bond donors (Lipinski definition) is 1. The van der Waals surface area contributed by atoms with Crippen LogP contribution in [0.15, 0.2) is 91.0 Å². The topological polar surface area (TPSA) is 125 Å². The first kappa shape index (κ1) is 36.9. The third-order valence-corrected chi connectivity index (χ3v) is 9.75. The molecule has 4 rings (SSSR count). The van der Waals surface area contributed by atoms with E-state index in [1.165, 1.54) is 14.0 Å². The number of benzene rings is 3. The van der Waals surface area contributed by atoms with Crippen LogP contribution in [0.3, 0.4) is 0 Å². The van der Waals surface area contributed by atoms with Gasteiger partial charge < -0.3 is 38.5 Å². The Morgan fingerprint density at radius 3 is 1.79 bits per heavy atom. The summed E-state index contributed by atoms with van der Waals surface area (Å²) in [6, 6.07) is 29.1. The molecule has 47 heavy (non-hydrogen) atoms. The quantitative estimate of drug-likeness (QED) is 0.0863. The summed E-state index contributed by atoms with van der Waals surface area (Å²) in [7, 11) is -2.29.